The zero-order valence-electron chi connectivity index (χ0n) is 10.9. The second-order valence-corrected chi connectivity index (χ2v) is 5.98. The highest BCUT2D eigenvalue weighted by atomic mass is 79.9. The van der Waals surface area contributed by atoms with Crippen molar-refractivity contribution in [2.75, 3.05) is 0 Å². The Bertz CT molecular complexity index is 736. The molecule has 0 N–H and O–H groups in total. The molecular weight excluding hydrogens is 315 g/mol. The average molecular weight is 329 g/mol. The SMILES string of the molecule is Fc1ccccc1C(Br)Cc1ccc2ccccc2c1. The first-order valence-electron chi connectivity index (χ1n) is 6.60. The zero-order valence-corrected chi connectivity index (χ0v) is 12.5. The predicted molar refractivity (Wildman–Crippen MR) is 85.7 cm³/mol. The lowest BCUT2D eigenvalue weighted by Gasteiger charge is -2.12. The standard InChI is InChI=1S/C18H14BrF/c19-17(16-7-3-4-8-18(16)20)12-13-9-10-14-5-1-2-6-15(14)11-13/h1-11,17H,12H2. The first-order chi connectivity index (χ1) is 9.74. The summed E-state index contributed by atoms with van der Waals surface area (Å²) in [6, 6.07) is 21.6. The van der Waals surface area contributed by atoms with Crippen molar-refractivity contribution in [3.63, 3.8) is 0 Å². The van der Waals surface area contributed by atoms with E-state index in [9.17, 15) is 4.39 Å². The van der Waals surface area contributed by atoms with E-state index in [0.29, 0.717) is 5.56 Å². The van der Waals surface area contributed by atoms with Gasteiger partial charge in [-0.1, -0.05) is 76.6 Å². The van der Waals surface area contributed by atoms with E-state index in [-0.39, 0.29) is 10.6 Å². The van der Waals surface area contributed by atoms with Crippen LogP contribution in [0.4, 0.5) is 4.39 Å². The second-order valence-electron chi connectivity index (χ2n) is 4.87. The fourth-order valence-electron chi connectivity index (χ4n) is 2.41. The molecule has 3 aromatic carbocycles. The molecule has 0 aliphatic heterocycles. The third-order valence-corrected chi connectivity index (χ3v) is 4.29. The predicted octanol–water partition coefficient (Wildman–Crippen LogP) is 5.66. The van der Waals surface area contributed by atoms with Gasteiger partial charge in [-0.3, -0.25) is 0 Å². The Morgan fingerprint density at radius 1 is 0.850 bits per heavy atom. The van der Waals surface area contributed by atoms with Gasteiger partial charge in [-0.2, -0.15) is 0 Å². The summed E-state index contributed by atoms with van der Waals surface area (Å²) in [5.74, 6) is -0.157. The van der Waals surface area contributed by atoms with E-state index in [1.54, 1.807) is 6.07 Å². The minimum Gasteiger partial charge on any atom is -0.207 e. The van der Waals surface area contributed by atoms with Gasteiger partial charge in [0.05, 0.1) is 0 Å². The highest BCUT2D eigenvalue weighted by Crippen LogP contribution is 2.29. The van der Waals surface area contributed by atoms with Crippen LogP contribution in [0.25, 0.3) is 10.8 Å². The summed E-state index contributed by atoms with van der Waals surface area (Å²) in [5.41, 5.74) is 1.91. The smallest absolute Gasteiger partial charge is 0.127 e. The van der Waals surface area contributed by atoms with E-state index in [4.69, 9.17) is 0 Å². The van der Waals surface area contributed by atoms with Crippen LogP contribution in [0.2, 0.25) is 0 Å². The molecular formula is C18H14BrF. The Morgan fingerprint density at radius 2 is 1.55 bits per heavy atom. The van der Waals surface area contributed by atoms with Crippen molar-refractivity contribution < 1.29 is 4.39 Å². The van der Waals surface area contributed by atoms with Gasteiger partial charge in [-0.05, 0) is 28.8 Å². The summed E-state index contributed by atoms with van der Waals surface area (Å²) < 4.78 is 13.8. The third-order valence-electron chi connectivity index (χ3n) is 3.47. The van der Waals surface area contributed by atoms with E-state index in [1.165, 1.54) is 22.4 Å². The summed E-state index contributed by atoms with van der Waals surface area (Å²) in [6.45, 7) is 0. The first-order valence-corrected chi connectivity index (χ1v) is 7.52. The molecule has 3 aromatic rings. The average Bonchev–Trinajstić information content (AvgIpc) is 2.47. The molecule has 0 radical (unpaired) electrons. The number of halogens is 2. The Labute approximate surface area is 126 Å². The van der Waals surface area contributed by atoms with E-state index >= 15 is 0 Å². The van der Waals surface area contributed by atoms with Crippen LogP contribution in [0, 0.1) is 5.82 Å². The van der Waals surface area contributed by atoms with Crippen LogP contribution in [0.15, 0.2) is 66.7 Å². The monoisotopic (exact) mass is 328 g/mol. The van der Waals surface area contributed by atoms with Crippen molar-refractivity contribution in [2.45, 2.75) is 11.2 Å². The summed E-state index contributed by atoms with van der Waals surface area (Å²) in [5, 5.41) is 2.45. The lowest BCUT2D eigenvalue weighted by molar-refractivity contribution is 0.608. The molecule has 1 atom stereocenters. The van der Waals surface area contributed by atoms with Gasteiger partial charge in [-0.25, -0.2) is 4.39 Å². The summed E-state index contributed by atoms with van der Waals surface area (Å²) in [4.78, 5) is -0.00939. The van der Waals surface area contributed by atoms with Gasteiger partial charge in [0.25, 0.3) is 0 Å². The lowest BCUT2D eigenvalue weighted by Crippen LogP contribution is -1.98. The van der Waals surface area contributed by atoms with Crippen molar-refractivity contribution in [1.29, 1.82) is 0 Å². The largest absolute Gasteiger partial charge is 0.207 e. The van der Waals surface area contributed by atoms with Crippen LogP contribution < -0.4 is 0 Å². The molecule has 100 valence electrons. The maximum Gasteiger partial charge on any atom is 0.127 e. The highest BCUT2D eigenvalue weighted by molar-refractivity contribution is 9.09. The van der Waals surface area contributed by atoms with Gasteiger partial charge in [0.2, 0.25) is 0 Å². The first kappa shape index (κ1) is 13.3. The molecule has 0 aromatic heterocycles. The van der Waals surface area contributed by atoms with Crippen LogP contribution in [0.5, 0.6) is 0 Å². The Balaban J connectivity index is 1.87. The maximum atomic E-state index is 13.8. The Kier molecular flexibility index (Phi) is 3.83. The van der Waals surface area contributed by atoms with Crippen molar-refractivity contribution in [3.05, 3.63) is 83.7 Å². The summed E-state index contributed by atoms with van der Waals surface area (Å²) in [7, 11) is 0. The zero-order chi connectivity index (χ0) is 13.9. The molecule has 0 saturated heterocycles. The van der Waals surface area contributed by atoms with Gasteiger partial charge >= 0.3 is 0 Å². The molecule has 0 aliphatic rings. The number of hydrogen-bond acceptors (Lipinski definition) is 0. The van der Waals surface area contributed by atoms with Gasteiger partial charge in [0.15, 0.2) is 0 Å². The van der Waals surface area contributed by atoms with Gasteiger partial charge in [-0.15, -0.1) is 0 Å². The quantitative estimate of drug-likeness (QED) is 0.544. The molecule has 3 rings (SSSR count). The van der Waals surface area contributed by atoms with Crippen LogP contribution in [-0.4, -0.2) is 0 Å². The number of alkyl halides is 1. The number of fused-ring (bicyclic) bond motifs is 1. The van der Waals surface area contributed by atoms with E-state index < -0.39 is 0 Å². The van der Waals surface area contributed by atoms with Crippen LogP contribution >= 0.6 is 15.9 Å². The van der Waals surface area contributed by atoms with Crippen LogP contribution in [-0.2, 0) is 6.42 Å². The van der Waals surface area contributed by atoms with Crippen molar-refractivity contribution >= 4 is 26.7 Å². The molecule has 20 heavy (non-hydrogen) atoms. The van der Waals surface area contributed by atoms with E-state index in [0.717, 1.165) is 6.42 Å². The normalized spacial score (nSPS) is 12.5. The molecule has 0 nitrogen and oxygen atoms in total. The van der Waals surface area contributed by atoms with Crippen molar-refractivity contribution in [3.8, 4) is 0 Å². The molecule has 2 heteroatoms. The molecule has 1 unspecified atom stereocenters. The molecule has 0 spiro atoms. The molecule has 0 heterocycles. The Hall–Kier alpha value is -1.67. The number of benzene rings is 3. The highest BCUT2D eigenvalue weighted by Gasteiger charge is 2.12. The molecule has 0 bridgehead atoms. The van der Waals surface area contributed by atoms with Crippen LogP contribution in [0.1, 0.15) is 16.0 Å². The number of hydrogen-bond donors (Lipinski definition) is 0. The number of rotatable bonds is 3. The Morgan fingerprint density at radius 3 is 2.35 bits per heavy atom. The molecule has 0 fully saturated rings. The summed E-state index contributed by atoms with van der Waals surface area (Å²) in [6.07, 6.45) is 0.770. The van der Waals surface area contributed by atoms with E-state index in [2.05, 4.69) is 46.3 Å². The fraction of sp³-hybridized carbons (Fsp3) is 0.111. The molecule has 0 saturated carbocycles. The topological polar surface area (TPSA) is 0 Å². The van der Waals surface area contributed by atoms with Gasteiger partial charge in [0, 0.05) is 10.4 Å². The van der Waals surface area contributed by atoms with E-state index in [1.807, 2.05) is 24.3 Å². The van der Waals surface area contributed by atoms with Crippen molar-refractivity contribution in [2.24, 2.45) is 0 Å². The maximum absolute atomic E-state index is 13.8. The minimum atomic E-state index is -0.157. The van der Waals surface area contributed by atoms with Crippen molar-refractivity contribution in [1.82, 2.24) is 0 Å². The van der Waals surface area contributed by atoms with Gasteiger partial charge in [0.1, 0.15) is 5.82 Å². The third kappa shape index (κ3) is 2.75. The minimum absolute atomic E-state index is 0.00939. The molecule has 0 amide bonds. The summed E-state index contributed by atoms with van der Waals surface area (Å²) >= 11 is 3.60. The van der Waals surface area contributed by atoms with Gasteiger partial charge < -0.3 is 0 Å². The van der Waals surface area contributed by atoms with Crippen LogP contribution in [0.3, 0.4) is 0 Å². The second kappa shape index (κ2) is 5.76. The molecule has 0 aliphatic carbocycles. The fourth-order valence-corrected chi connectivity index (χ4v) is 3.16. The lowest BCUT2D eigenvalue weighted by atomic mass is 10.0.